The van der Waals surface area contributed by atoms with Gasteiger partial charge in [-0.25, -0.2) is 0 Å². The van der Waals surface area contributed by atoms with Crippen molar-refractivity contribution in [2.24, 2.45) is 5.92 Å². The number of carbonyl (C=O) groups is 2. The zero-order valence-corrected chi connectivity index (χ0v) is 21.1. The van der Waals surface area contributed by atoms with E-state index in [4.69, 9.17) is 13.9 Å². The molecular weight excluding hydrogens is 458 g/mol. The van der Waals surface area contributed by atoms with Gasteiger partial charge in [0.25, 0.3) is 11.7 Å². The zero-order valence-electron chi connectivity index (χ0n) is 21.1. The fraction of sp³-hybridized carbons (Fsp3) is 0.310. The van der Waals surface area contributed by atoms with Gasteiger partial charge in [0.15, 0.2) is 0 Å². The van der Waals surface area contributed by atoms with Crippen LogP contribution in [0.25, 0.3) is 5.76 Å². The number of anilines is 1. The molecule has 2 aromatic carbocycles. The lowest BCUT2D eigenvalue weighted by Gasteiger charge is -2.23. The Hall–Kier alpha value is -4.00. The highest BCUT2D eigenvalue weighted by molar-refractivity contribution is 6.51. The van der Waals surface area contributed by atoms with E-state index in [0.29, 0.717) is 41.0 Å². The smallest absolute Gasteiger partial charge is 0.300 e. The second-order valence-electron chi connectivity index (χ2n) is 9.53. The van der Waals surface area contributed by atoms with Crippen LogP contribution in [-0.2, 0) is 9.59 Å². The number of furan rings is 1. The number of aliphatic hydroxyl groups excluding tert-OH is 1. The van der Waals surface area contributed by atoms with E-state index in [2.05, 4.69) is 13.8 Å². The Morgan fingerprint density at radius 3 is 2.36 bits per heavy atom. The number of benzene rings is 2. The van der Waals surface area contributed by atoms with E-state index in [-0.39, 0.29) is 17.4 Å². The second-order valence-corrected chi connectivity index (χ2v) is 9.53. The molecule has 36 heavy (non-hydrogen) atoms. The number of carbonyl (C=O) groups excluding carboxylic acids is 2. The fourth-order valence-corrected chi connectivity index (χ4v) is 4.14. The number of rotatable bonds is 8. The summed E-state index contributed by atoms with van der Waals surface area (Å²) in [5, 5.41) is 11.3. The molecular formula is C29H31NO6. The predicted molar refractivity (Wildman–Crippen MR) is 137 cm³/mol. The Morgan fingerprint density at radius 1 is 1.06 bits per heavy atom. The lowest BCUT2D eigenvalue weighted by Crippen LogP contribution is -2.29. The third-order valence-corrected chi connectivity index (χ3v) is 5.76. The summed E-state index contributed by atoms with van der Waals surface area (Å²) in [5.74, 6) is 0.288. The van der Waals surface area contributed by atoms with Crippen LogP contribution >= 0.6 is 0 Å². The van der Waals surface area contributed by atoms with Gasteiger partial charge < -0.3 is 19.0 Å². The molecule has 3 aromatic rings. The summed E-state index contributed by atoms with van der Waals surface area (Å²) in [5.41, 5.74) is 1.68. The molecule has 1 amide bonds. The minimum atomic E-state index is -0.922. The highest BCUT2D eigenvalue weighted by atomic mass is 16.5. The highest BCUT2D eigenvalue weighted by Gasteiger charge is 2.48. The summed E-state index contributed by atoms with van der Waals surface area (Å²) in [6.07, 6.45) is 1.47. The number of hydrogen-bond acceptors (Lipinski definition) is 6. The van der Waals surface area contributed by atoms with Crippen LogP contribution in [0.15, 0.2) is 70.9 Å². The third kappa shape index (κ3) is 5.00. The summed E-state index contributed by atoms with van der Waals surface area (Å²) >= 11 is 0. The summed E-state index contributed by atoms with van der Waals surface area (Å²) in [7, 11) is 0. The molecule has 1 saturated heterocycles. The predicted octanol–water partition coefficient (Wildman–Crippen LogP) is 6.04. The van der Waals surface area contributed by atoms with Crippen LogP contribution in [0.3, 0.4) is 0 Å². The Kier molecular flexibility index (Phi) is 7.20. The first-order valence-corrected chi connectivity index (χ1v) is 12.0. The van der Waals surface area contributed by atoms with Gasteiger partial charge in [0.05, 0.1) is 24.5 Å². The minimum absolute atomic E-state index is 0.00110. The van der Waals surface area contributed by atoms with Crippen LogP contribution in [0, 0.1) is 12.8 Å². The standard InChI is InChI=1S/C29H31NO6/c1-17(2)16-35-23-13-8-20(15-19(23)5)27(31)25-26(24-7-6-14-34-24)30(29(33)28(25)32)21-9-11-22(12-10-21)36-18(3)4/h6-15,17-18,26,31H,16H2,1-5H3/b27-25-. The van der Waals surface area contributed by atoms with Crippen LogP contribution in [0.2, 0.25) is 0 Å². The van der Waals surface area contributed by atoms with Crippen LogP contribution in [0.1, 0.15) is 50.6 Å². The molecule has 0 bridgehead atoms. The number of ether oxygens (including phenoxy) is 2. The van der Waals surface area contributed by atoms with E-state index in [0.717, 1.165) is 5.56 Å². The molecule has 0 radical (unpaired) electrons. The molecule has 188 valence electrons. The van der Waals surface area contributed by atoms with Crippen LogP contribution in [0.4, 0.5) is 5.69 Å². The maximum absolute atomic E-state index is 13.3. The van der Waals surface area contributed by atoms with E-state index in [1.807, 2.05) is 20.8 Å². The Balaban J connectivity index is 1.76. The zero-order chi connectivity index (χ0) is 26.0. The largest absolute Gasteiger partial charge is 0.507 e. The van der Waals surface area contributed by atoms with Gasteiger partial charge >= 0.3 is 0 Å². The van der Waals surface area contributed by atoms with Crippen molar-refractivity contribution >= 4 is 23.1 Å². The molecule has 1 N–H and O–H groups in total. The number of ketones is 1. The minimum Gasteiger partial charge on any atom is -0.507 e. The molecule has 1 unspecified atom stereocenters. The quantitative estimate of drug-likeness (QED) is 0.236. The van der Waals surface area contributed by atoms with Gasteiger partial charge in [0.1, 0.15) is 29.1 Å². The van der Waals surface area contributed by atoms with E-state index >= 15 is 0 Å². The van der Waals surface area contributed by atoms with Crippen LogP contribution < -0.4 is 14.4 Å². The van der Waals surface area contributed by atoms with Gasteiger partial charge in [0.2, 0.25) is 0 Å². The van der Waals surface area contributed by atoms with Crippen molar-refractivity contribution in [1.82, 2.24) is 0 Å². The van der Waals surface area contributed by atoms with Gasteiger partial charge in [-0.1, -0.05) is 13.8 Å². The number of aliphatic hydroxyl groups is 1. The van der Waals surface area contributed by atoms with E-state index in [1.165, 1.54) is 11.2 Å². The molecule has 4 rings (SSSR count). The average Bonchev–Trinajstić information content (AvgIpc) is 3.45. The lowest BCUT2D eigenvalue weighted by atomic mass is 9.98. The summed E-state index contributed by atoms with van der Waals surface area (Å²) in [6, 6.07) is 14.5. The van der Waals surface area contributed by atoms with Gasteiger partial charge in [-0.15, -0.1) is 0 Å². The first-order chi connectivity index (χ1) is 17.2. The first kappa shape index (κ1) is 25.1. The van der Waals surface area contributed by atoms with Gasteiger partial charge in [-0.05, 0) is 86.8 Å². The molecule has 1 aliphatic rings. The first-order valence-electron chi connectivity index (χ1n) is 12.0. The maximum Gasteiger partial charge on any atom is 0.300 e. The Bertz CT molecular complexity index is 1270. The van der Waals surface area contributed by atoms with Gasteiger partial charge in [0, 0.05) is 11.3 Å². The molecule has 0 saturated carbocycles. The van der Waals surface area contributed by atoms with Gasteiger partial charge in [-0.3, -0.25) is 14.5 Å². The topological polar surface area (TPSA) is 89.2 Å². The molecule has 1 aliphatic heterocycles. The SMILES string of the molecule is Cc1cc(/C(O)=C2/C(=O)C(=O)N(c3ccc(OC(C)C)cc3)C2c2ccco2)ccc1OCC(C)C. The summed E-state index contributed by atoms with van der Waals surface area (Å²) in [6.45, 7) is 10.4. The van der Waals surface area contributed by atoms with Crippen LogP contribution in [-0.4, -0.2) is 29.5 Å². The molecule has 1 atom stereocenters. The number of Topliss-reactive ketones (excluding diaryl/α,β-unsaturated/α-hetero) is 1. The molecule has 2 heterocycles. The second kappa shape index (κ2) is 10.3. The van der Waals surface area contributed by atoms with Crippen molar-refractivity contribution in [3.8, 4) is 11.5 Å². The number of aryl methyl sites for hydroxylation is 1. The molecule has 0 spiro atoms. The average molecular weight is 490 g/mol. The molecule has 7 heteroatoms. The summed E-state index contributed by atoms with van der Waals surface area (Å²) < 4.78 is 17.2. The molecule has 1 aromatic heterocycles. The van der Waals surface area contributed by atoms with Crippen molar-refractivity contribution in [3.63, 3.8) is 0 Å². The normalized spacial score (nSPS) is 17.3. The molecule has 7 nitrogen and oxygen atoms in total. The van der Waals surface area contributed by atoms with Crippen molar-refractivity contribution < 1.29 is 28.6 Å². The maximum atomic E-state index is 13.3. The number of hydrogen-bond donors (Lipinski definition) is 1. The van der Waals surface area contributed by atoms with E-state index in [1.54, 1.807) is 54.6 Å². The fourth-order valence-electron chi connectivity index (χ4n) is 4.14. The lowest BCUT2D eigenvalue weighted by molar-refractivity contribution is -0.132. The van der Waals surface area contributed by atoms with E-state index in [9.17, 15) is 14.7 Å². The number of nitrogens with zero attached hydrogens (tertiary/aromatic N) is 1. The Labute approximate surface area is 210 Å². The Morgan fingerprint density at radius 2 is 1.78 bits per heavy atom. The molecule has 0 aliphatic carbocycles. The molecule has 1 fully saturated rings. The monoisotopic (exact) mass is 489 g/mol. The van der Waals surface area contributed by atoms with Crippen molar-refractivity contribution in [2.75, 3.05) is 11.5 Å². The van der Waals surface area contributed by atoms with Crippen molar-refractivity contribution in [2.45, 2.75) is 46.8 Å². The van der Waals surface area contributed by atoms with Crippen molar-refractivity contribution in [1.29, 1.82) is 0 Å². The van der Waals surface area contributed by atoms with E-state index < -0.39 is 17.7 Å². The summed E-state index contributed by atoms with van der Waals surface area (Å²) in [4.78, 5) is 27.8. The third-order valence-electron chi connectivity index (χ3n) is 5.76. The van der Waals surface area contributed by atoms with Gasteiger partial charge in [-0.2, -0.15) is 0 Å². The van der Waals surface area contributed by atoms with Crippen molar-refractivity contribution in [3.05, 3.63) is 83.3 Å². The van der Waals surface area contributed by atoms with Crippen LogP contribution in [0.5, 0.6) is 11.5 Å². The highest BCUT2D eigenvalue weighted by Crippen LogP contribution is 2.43. The number of amides is 1.